The summed E-state index contributed by atoms with van der Waals surface area (Å²) in [5, 5.41) is 13.9. The third kappa shape index (κ3) is 2.64. The van der Waals surface area contributed by atoms with E-state index in [2.05, 4.69) is 63.4 Å². The molecule has 2 fully saturated rings. The predicted octanol–water partition coefficient (Wildman–Crippen LogP) is 3.56. The molecule has 30 heavy (non-hydrogen) atoms. The van der Waals surface area contributed by atoms with Crippen LogP contribution in [-0.2, 0) is 6.54 Å². The van der Waals surface area contributed by atoms with Gasteiger partial charge >= 0.3 is 0 Å². The zero-order valence-electron chi connectivity index (χ0n) is 17.2. The van der Waals surface area contributed by atoms with Crippen molar-refractivity contribution in [1.82, 2.24) is 15.2 Å². The molecule has 1 N–H and O–H groups in total. The second-order valence-corrected chi connectivity index (χ2v) is 8.90. The maximum absolute atomic E-state index is 9.48. The molecule has 1 aromatic heterocycles. The number of rotatable bonds is 2. The molecule has 0 bridgehead atoms. The summed E-state index contributed by atoms with van der Waals surface area (Å²) < 4.78 is 0. The van der Waals surface area contributed by atoms with Crippen molar-refractivity contribution < 1.29 is 0 Å². The van der Waals surface area contributed by atoms with Gasteiger partial charge in [0.2, 0.25) is 0 Å². The van der Waals surface area contributed by atoms with Crippen LogP contribution in [0, 0.1) is 11.3 Å². The summed E-state index contributed by atoms with van der Waals surface area (Å²) in [4.78, 5) is 9.66. The number of nitriles is 1. The highest BCUT2D eigenvalue weighted by atomic mass is 15.3. The smallest absolute Gasteiger partial charge is 0.101 e. The fourth-order valence-electron chi connectivity index (χ4n) is 5.45. The van der Waals surface area contributed by atoms with Gasteiger partial charge in [0.1, 0.15) is 6.07 Å². The van der Waals surface area contributed by atoms with E-state index in [-0.39, 0.29) is 0 Å². The van der Waals surface area contributed by atoms with Crippen molar-refractivity contribution >= 4 is 16.6 Å². The first kappa shape index (κ1) is 17.9. The van der Waals surface area contributed by atoms with E-state index in [0.29, 0.717) is 23.6 Å². The summed E-state index contributed by atoms with van der Waals surface area (Å²) in [6, 6.07) is 18.4. The van der Waals surface area contributed by atoms with Gasteiger partial charge in [-0.15, -0.1) is 0 Å². The third-order valence-electron chi connectivity index (χ3n) is 7.18. The minimum atomic E-state index is 0.416. The number of nitrogens with zero attached hydrogens (tertiary/aromatic N) is 4. The molecular weight excluding hydrogens is 370 g/mol. The Morgan fingerprint density at radius 3 is 2.83 bits per heavy atom. The number of anilines is 1. The van der Waals surface area contributed by atoms with Gasteiger partial charge in [0, 0.05) is 62.0 Å². The van der Waals surface area contributed by atoms with Gasteiger partial charge in [-0.25, -0.2) is 0 Å². The standard InChI is InChI=1S/C25H25N5/c1-16-13-29(23-7-5-18(10-26)25-22(23)3-2-8-28-25)15-24-21-6-4-17(20-11-27-12-20)9-19(21)14-30(16)24/h2-9,16,20,24,27H,11-15H2,1H3/t16-,24?/m1/s1. The van der Waals surface area contributed by atoms with E-state index in [1.807, 2.05) is 12.1 Å². The Balaban J connectivity index is 1.37. The molecule has 2 atom stereocenters. The van der Waals surface area contributed by atoms with Gasteiger partial charge in [-0.05, 0) is 47.9 Å². The number of nitrogens with one attached hydrogen (secondary N) is 1. The molecule has 2 aromatic carbocycles. The topological polar surface area (TPSA) is 55.2 Å². The zero-order valence-corrected chi connectivity index (χ0v) is 17.2. The summed E-state index contributed by atoms with van der Waals surface area (Å²) >= 11 is 0. The van der Waals surface area contributed by atoms with Crippen molar-refractivity contribution in [2.75, 3.05) is 31.1 Å². The van der Waals surface area contributed by atoms with Crippen molar-refractivity contribution in [2.24, 2.45) is 0 Å². The summed E-state index contributed by atoms with van der Waals surface area (Å²) in [5.74, 6) is 0.680. The molecule has 0 spiro atoms. The van der Waals surface area contributed by atoms with E-state index in [4.69, 9.17) is 0 Å². The average molecular weight is 396 g/mol. The lowest BCUT2D eigenvalue weighted by Crippen LogP contribution is -2.51. The minimum absolute atomic E-state index is 0.416. The molecule has 0 amide bonds. The number of benzene rings is 2. The summed E-state index contributed by atoms with van der Waals surface area (Å²) in [6.07, 6.45) is 1.77. The van der Waals surface area contributed by atoms with Gasteiger partial charge in [0.05, 0.1) is 17.1 Å². The van der Waals surface area contributed by atoms with Crippen LogP contribution >= 0.6 is 0 Å². The van der Waals surface area contributed by atoms with Gasteiger partial charge in [-0.2, -0.15) is 5.26 Å². The molecule has 5 heteroatoms. The zero-order chi connectivity index (χ0) is 20.2. The minimum Gasteiger partial charge on any atom is -0.368 e. The third-order valence-corrected chi connectivity index (χ3v) is 7.18. The summed E-state index contributed by atoms with van der Waals surface area (Å²) in [6.45, 7) is 7.56. The lowest BCUT2D eigenvalue weighted by Gasteiger charge is -2.44. The molecule has 3 aliphatic heterocycles. The SMILES string of the molecule is C[C@@H]1CN(c2ccc(C#N)c3ncccc23)CC2c3ccc(C4CNC4)cc3CN21. The lowest BCUT2D eigenvalue weighted by molar-refractivity contribution is 0.134. The van der Waals surface area contributed by atoms with Gasteiger partial charge in [-0.3, -0.25) is 9.88 Å². The largest absolute Gasteiger partial charge is 0.368 e. The van der Waals surface area contributed by atoms with E-state index in [1.165, 1.54) is 22.4 Å². The fraction of sp³-hybridized carbons (Fsp3) is 0.360. The van der Waals surface area contributed by atoms with Crippen molar-refractivity contribution in [2.45, 2.75) is 31.5 Å². The van der Waals surface area contributed by atoms with Crippen LogP contribution in [0.3, 0.4) is 0 Å². The summed E-state index contributed by atoms with van der Waals surface area (Å²) in [7, 11) is 0. The Bertz CT molecular complexity index is 1180. The Morgan fingerprint density at radius 1 is 1.13 bits per heavy atom. The van der Waals surface area contributed by atoms with Crippen molar-refractivity contribution in [3.05, 3.63) is 70.9 Å². The number of aromatic nitrogens is 1. The van der Waals surface area contributed by atoms with Crippen LogP contribution in [0.15, 0.2) is 48.7 Å². The normalized spacial score (nSPS) is 23.7. The van der Waals surface area contributed by atoms with Crippen LogP contribution in [0.2, 0.25) is 0 Å². The predicted molar refractivity (Wildman–Crippen MR) is 118 cm³/mol. The van der Waals surface area contributed by atoms with Crippen LogP contribution in [0.25, 0.3) is 10.9 Å². The maximum atomic E-state index is 9.48. The Morgan fingerprint density at radius 2 is 2.03 bits per heavy atom. The number of piperazine rings is 1. The van der Waals surface area contributed by atoms with E-state index in [1.54, 1.807) is 6.20 Å². The van der Waals surface area contributed by atoms with Crippen LogP contribution in [0.4, 0.5) is 5.69 Å². The monoisotopic (exact) mass is 395 g/mol. The first-order valence-electron chi connectivity index (χ1n) is 10.8. The molecule has 1 unspecified atom stereocenters. The Hall–Kier alpha value is -2.94. The molecule has 3 aromatic rings. The van der Waals surface area contributed by atoms with E-state index >= 15 is 0 Å². The molecule has 5 nitrogen and oxygen atoms in total. The first-order valence-corrected chi connectivity index (χ1v) is 10.8. The molecule has 0 aliphatic carbocycles. The van der Waals surface area contributed by atoms with Gasteiger partial charge in [-0.1, -0.05) is 18.2 Å². The quantitative estimate of drug-likeness (QED) is 0.719. The van der Waals surface area contributed by atoms with E-state index in [0.717, 1.165) is 43.6 Å². The van der Waals surface area contributed by atoms with Crippen LogP contribution in [0.5, 0.6) is 0 Å². The van der Waals surface area contributed by atoms with Crippen LogP contribution in [-0.4, -0.2) is 42.1 Å². The molecule has 3 aliphatic rings. The highest BCUT2D eigenvalue weighted by Gasteiger charge is 2.39. The van der Waals surface area contributed by atoms with E-state index in [9.17, 15) is 5.26 Å². The average Bonchev–Trinajstić information content (AvgIpc) is 3.10. The highest BCUT2D eigenvalue weighted by molar-refractivity contribution is 5.95. The molecule has 150 valence electrons. The van der Waals surface area contributed by atoms with Gasteiger partial charge in [0.15, 0.2) is 0 Å². The number of pyridine rings is 1. The number of hydrogen-bond donors (Lipinski definition) is 1. The second kappa shape index (κ2) is 6.80. The van der Waals surface area contributed by atoms with Crippen molar-refractivity contribution in [3.63, 3.8) is 0 Å². The molecular formula is C25H25N5. The highest BCUT2D eigenvalue weighted by Crippen LogP contribution is 2.42. The fourth-order valence-corrected chi connectivity index (χ4v) is 5.45. The molecule has 4 heterocycles. The molecule has 0 saturated carbocycles. The maximum Gasteiger partial charge on any atom is 0.101 e. The van der Waals surface area contributed by atoms with Gasteiger partial charge < -0.3 is 10.2 Å². The molecule has 6 rings (SSSR count). The number of hydrogen-bond acceptors (Lipinski definition) is 5. The lowest BCUT2D eigenvalue weighted by atomic mass is 9.90. The molecule has 2 saturated heterocycles. The van der Waals surface area contributed by atoms with E-state index < -0.39 is 0 Å². The summed E-state index contributed by atoms with van der Waals surface area (Å²) in [5.41, 5.74) is 7.11. The van der Waals surface area contributed by atoms with Crippen LogP contribution < -0.4 is 10.2 Å². The first-order chi connectivity index (χ1) is 14.7. The Labute approximate surface area is 176 Å². The van der Waals surface area contributed by atoms with Crippen molar-refractivity contribution in [3.8, 4) is 6.07 Å². The Kier molecular flexibility index (Phi) is 4.05. The van der Waals surface area contributed by atoms with Gasteiger partial charge in [0.25, 0.3) is 0 Å². The molecule has 0 radical (unpaired) electrons. The van der Waals surface area contributed by atoms with Crippen LogP contribution in [0.1, 0.15) is 41.1 Å². The van der Waals surface area contributed by atoms with Crippen molar-refractivity contribution in [1.29, 1.82) is 5.26 Å². The second-order valence-electron chi connectivity index (χ2n) is 8.90. The number of fused-ring (bicyclic) bond motifs is 4.